The molecule has 1 aromatic rings. The van der Waals surface area contributed by atoms with Gasteiger partial charge in [-0.3, -0.25) is 0 Å². The number of alkyl halides is 3. The molecule has 0 aromatic heterocycles. The number of halogens is 3. The lowest BCUT2D eigenvalue weighted by atomic mass is 9.53. The van der Waals surface area contributed by atoms with Crippen molar-refractivity contribution in [2.45, 2.75) is 44.8 Å². The normalized spacial score (nSPS) is 31.1. The summed E-state index contributed by atoms with van der Waals surface area (Å²) in [6.07, 6.45) is -2.63. The van der Waals surface area contributed by atoms with E-state index in [1.165, 1.54) is 12.1 Å². The van der Waals surface area contributed by atoms with Gasteiger partial charge in [0.15, 0.2) is 0 Å². The minimum Gasteiger partial charge on any atom is -0.316 e. The number of hydrogen-bond donors (Lipinski definition) is 1. The van der Waals surface area contributed by atoms with Crippen LogP contribution in [0.25, 0.3) is 0 Å². The summed E-state index contributed by atoms with van der Waals surface area (Å²) in [5.41, 5.74) is -0.129. The average Bonchev–Trinajstić information content (AvgIpc) is 2.36. The third-order valence-corrected chi connectivity index (χ3v) is 4.82. The first kappa shape index (κ1) is 14.4. The third kappa shape index (κ3) is 2.27. The Morgan fingerprint density at radius 3 is 2.47 bits per heavy atom. The Kier molecular flexibility index (Phi) is 3.65. The highest BCUT2D eigenvalue weighted by atomic mass is 19.4. The van der Waals surface area contributed by atoms with Crippen molar-refractivity contribution in [3.05, 3.63) is 35.4 Å². The van der Waals surface area contributed by atoms with E-state index in [1.807, 2.05) is 14.0 Å². The van der Waals surface area contributed by atoms with Gasteiger partial charge in [-0.1, -0.05) is 32.0 Å². The van der Waals surface area contributed by atoms with Gasteiger partial charge in [0.2, 0.25) is 0 Å². The van der Waals surface area contributed by atoms with E-state index in [2.05, 4.69) is 12.2 Å². The topological polar surface area (TPSA) is 12.0 Å². The summed E-state index contributed by atoms with van der Waals surface area (Å²) >= 11 is 0. The molecule has 4 heteroatoms. The molecule has 0 amide bonds. The molecular weight excluding hydrogens is 251 g/mol. The fourth-order valence-electron chi connectivity index (χ4n) is 3.34. The number of rotatable bonds is 3. The predicted octanol–water partition coefficient (Wildman–Crippen LogP) is 4.20. The van der Waals surface area contributed by atoms with Crippen molar-refractivity contribution in [2.75, 3.05) is 7.05 Å². The van der Waals surface area contributed by atoms with Crippen LogP contribution in [0.4, 0.5) is 13.2 Å². The van der Waals surface area contributed by atoms with Crippen molar-refractivity contribution in [3.63, 3.8) is 0 Å². The minimum absolute atomic E-state index is 0.0206. The van der Waals surface area contributed by atoms with Gasteiger partial charge in [0, 0.05) is 6.04 Å². The minimum atomic E-state index is -4.27. The first-order valence-corrected chi connectivity index (χ1v) is 6.68. The molecule has 1 aliphatic carbocycles. The summed E-state index contributed by atoms with van der Waals surface area (Å²) < 4.78 is 39.3. The van der Waals surface area contributed by atoms with E-state index in [0.29, 0.717) is 11.6 Å². The molecule has 0 heterocycles. The molecule has 0 bridgehead atoms. The second kappa shape index (κ2) is 4.82. The predicted molar refractivity (Wildman–Crippen MR) is 70.0 cm³/mol. The maximum atomic E-state index is 13.1. The Morgan fingerprint density at radius 2 is 1.95 bits per heavy atom. The van der Waals surface area contributed by atoms with E-state index >= 15 is 0 Å². The second-order valence-electron chi connectivity index (χ2n) is 5.57. The molecule has 1 N–H and O–H groups in total. The lowest BCUT2D eigenvalue weighted by Crippen LogP contribution is -2.56. The van der Waals surface area contributed by atoms with Gasteiger partial charge < -0.3 is 5.32 Å². The fourth-order valence-corrected chi connectivity index (χ4v) is 3.34. The quantitative estimate of drug-likeness (QED) is 0.869. The van der Waals surface area contributed by atoms with Gasteiger partial charge in [0.05, 0.1) is 5.56 Å². The molecule has 2 rings (SSSR count). The molecule has 0 spiro atoms. The van der Waals surface area contributed by atoms with Crippen LogP contribution in [-0.2, 0) is 6.18 Å². The Hall–Kier alpha value is -1.03. The van der Waals surface area contributed by atoms with Gasteiger partial charge in [-0.25, -0.2) is 0 Å². The van der Waals surface area contributed by atoms with Crippen LogP contribution in [0.2, 0.25) is 0 Å². The van der Waals surface area contributed by atoms with Crippen LogP contribution in [0.5, 0.6) is 0 Å². The van der Waals surface area contributed by atoms with Crippen molar-refractivity contribution in [3.8, 4) is 0 Å². The SMILES string of the molecule is CCC1(C)C(NC)CC1c1ccccc1C(F)(F)F. The van der Waals surface area contributed by atoms with Gasteiger partial charge >= 0.3 is 6.18 Å². The molecule has 19 heavy (non-hydrogen) atoms. The molecule has 3 atom stereocenters. The number of nitrogens with one attached hydrogen (secondary N) is 1. The van der Waals surface area contributed by atoms with Crippen molar-refractivity contribution < 1.29 is 13.2 Å². The first-order valence-electron chi connectivity index (χ1n) is 6.68. The largest absolute Gasteiger partial charge is 0.416 e. The molecular formula is C15H20F3N. The van der Waals surface area contributed by atoms with E-state index in [9.17, 15) is 13.2 Å². The molecule has 1 aliphatic rings. The van der Waals surface area contributed by atoms with Crippen LogP contribution in [0, 0.1) is 5.41 Å². The lowest BCUT2D eigenvalue weighted by Gasteiger charge is -2.55. The molecule has 1 saturated carbocycles. The Bertz CT molecular complexity index is 455. The van der Waals surface area contributed by atoms with Crippen molar-refractivity contribution in [1.82, 2.24) is 5.32 Å². The maximum absolute atomic E-state index is 13.1. The monoisotopic (exact) mass is 271 g/mol. The van der Waals surface area contributed by atoms with Gasteiger partial charge in [0.25, 0.3) is 0 Å². The summed E-state index contributed by atoms with van der Waals surface area (Å²) in [6, 6.07) is 6.28. The summed E-state index contributed by atoms with van der Waals surface area (Å²) in [7, 11) is 1.88. The number of benzene rings is 1. The van der Waals surface area contributed by atoms with E-state index < -0.39 is 11.7 Å². The first-order chi connectivity index (χ1) is 8.84. The smallest absolute Gasteiger partial charge is 0.316 e. The zero-order valence-corrected chi connectivity index (χ0v) is 11.5. The van der Waals surface area contributed by atoms with E-state index in [4.69, 9.17) is 0 Å². The van der Waals surface area contributed by atoms with Crippen molar-refractivity contribution in [1.29, 1.82) is 0 Å². The van der Waals surface area contributed by atoms with Crippen LogP contribution in [0.1, 0.15) is 43.7 Å². The summed E-state index contributed by atoms with van der Waals surface area (Å²) in [6.45, 7) is 4.13. The van der Waals surface area contributed by atoms with E-state index in [-0.39, 0.29) is 11.3 Å². The average molecular weight is 271 g/mol. The van der Waals surface area contributed by atoms with Gasteiger partial charge in [-0.05, 0) is 42.9 Å². The van der Waals surface area contributed by atoms with Crippen LogP contribution in [0.15, 0.2) is 24.3 Å². The lowest BCUT2D eigenvalue weighted by molar-refractivity contribution is -0.139. The molecule has 0 saturated heterocycles. The van der Waals surface area contributed by atoms with Gasteiger partial charge in [0.1, 0.15) is 0 Å². The molecule has 3 unspecified atom stereocenters. The maximum Gasteiger partial charge on any atom is 0.416 e. The Labute approximate surface area is 112 Å². The van der Waals surface area contributed by atoms with Crippen LogP contribution in [-0.4, -0.2) is 13.1 Å². The third-order valence-electron chi connectivity index (χ3n) is 4.82. The van der Waals surface area contributed by atoms with E-state index in [0.717, 1.165) is 12.8 Å². The summed E-state index contributed by atoms with van der Waals surface area (Å²) in [4.78, 5) is 0. The molecule has 1 fully saturated rings. The van der Waals surface area contributed by atoms with Crippen LogP contribution >= 0.6 is 0 Å². The van der Waals surface area contributed by atoms with E-state index in [1.54, 1.807) is 12.1 Å². The van der Waals surface area contributed by atoms with Gasteiger partial charge in [-0.2, -0.15) is 13.2 Å². The zero-order valence-electron chi connectivity index (χ0n) is 11.5. The standard InChI is InChI=1S/C15H20F3N/c1-4-14(2)12(9-13(14)19-3)10-7-5-6-8-11(10)15(16,17)18/h5-8,12-13,19H,4,9H2,1-3H3. The summed E-state index contributed by atoms with van der Waals surface area (Å²) in [5, 5.41) is 3.22. The van der Waals surface area contributed by atoms with Crippen molar-refractivity contribution >= 4 is 0 Å². The highest BCUT2D eigenvalue weighted by Gasteiger charge is 2.52. The van der Waals surface area contributed by atoms with Gasteiger partial charge in [-0.15, -0.1) is 0 Å². The van der Waals surface area contributed by atoms with Crippen molar-refractivity contribution in [2.24, 2.45) is 5.41 Å². The fraction of sp³-hybridized carbons (Fsp3) is 0.600. The number of hydrogen-bond acceptors (Lipinski definition) is 1. The second-order valence-corrected chi connectivity index (χ2v) is 5.57. The highest BCUT2D eigenvalue weighted by molar-refractivity contribution is 5.37. The molecule has 0 radical (unpaired) electrons. The van der Waals surface area contributed by atoms with Crippen LogP contribution < -0.4 is 5.32 Å². The van der Waals surface area contributed by atoms with Crippen LogP contribution in [0.3, 0.4) is 0 Å². The Morgan fingerprint density at radius 1 is 1.32 bits per heavy atom. The molecule has 0 aliphatic heterocycles. The molecule has 1 aromatic carbocycles. The molecule has 106 valence electrons. The molecule has 1 nitrogen and oxygen atoms in total. The summed E-state index contributed by atoms with van der Waals surface area (Å²) in [5.74, 6) is -0.0206. The Balaban J connectivity index is 2.39. The highest BCUT2D eigenvalue weighted by Crippen LogP contribution is 2.56. The zero-order chi connectivity index (χ0) is 14.3.